The minimum atomic E-state index is -1.43. The van der Waals surface area contributed by atoms with Gasteiger partial charge >= 0.3 is 5.97 Å². The van der Waals surface area contributed by atoms with Gasteiger partial charge in [-0.1, -0.05) is 6.92 Å². The second-order valence-electron chi connectivity index (χ2n) is 10.9. The number of aryl methyl sites for hydroxylation is 1. The van der Waals surface area contributed by atoms with Gasteiger partial charge in [-0.2, -0.15) is 5.10 Å². The molecule has 0 fully saturated rings. The van der Waals surface area contributed by atoms with E-state index in [2.05, 4.69) is 15.4 Å². The lowest BCUT2D eigenvalue weighted by molar-refractivity contribution is -0.160. The van der Waals surface area contributed by atoms with Gasteiger partial charge in [-0.3, -0.25) is 4.79 Å². The monoisotopic (exact) mass is 556 g/mol. The molecule has 1 amide bonds. The fraction of sp³-hybridized carbons (Fsp3) is 0.517. The number of ether oxygens (including phenoxy) is 3. The van der Waals surface area contributed by atoms with Crippen molar-refractivity contribution in [2.75, 3.05) is 26.4 Å². The lowest BCUT2D eigenvalue weighted by Crippen LogP contribution is -2.29. The Morgan fingerprint density at radius 2 is 2.00 bits per heavy atom. The summed E-state index contributed by atoms with van der Waals surface area (Å²) >= 11 is 0. The van der Waals surface area contributed by atoms with E-state index in [1.807, 2.05) is 13.8 Å². The summed E-state index contributed by atoms with van der Waals surface area (Å²) in [6.45, 7) is 12.5. The Kier molecular flexibility index (Phi) is 8.74. The van der Waals surface area contributed by atoms with Crippen LogP contribution in [-0.4, -0.2) is 63.5 Å². The fourth-order valence-electron chi connectivity index (χ4n) is 4.88. The number of halogens is 1. The van der Waals surface area contributed by atoms with E-state index in [1.165, 1.54) is 16.6 Å². The van der Waals surface area contributed by atoms with Crippen LogP contribution in [0.2, 0.25) is 0 Å². The summed E-state index contributed by atoms with van der Waals surface area (Å²) in [5, 5.41) is 17.6. The van der Waals surface area contributed by atoms with Crippen molar-refractivity contribution in [1.82, 2.24) is 19.9 Å². The van der Waals surface area contributed by atoms with Gasteiger partial charge in [0.1, 0.15) is 0 Å². The zero-order valence-electron chi connectivity index (χ0n) is 23.9. The molecule has 0 saturated heterocycles. The average Bonchev–Trinajstić information content (AvgIpc) is 3.32. The van der Waals surface area contributed by atoms with Crippen molar-refractivity contribution < 1.29 is 33.3 Å². The number of nitrogens with zero attached hydrogens (tertiary/aromatic N) is 3. The molecule has 40 heavy (non-hydrogen) atoms. The van der Waals surface area contributed by atoms with Crippen LogP contribution in [0.3, 0.4) is 0 Å². The maximum Gasteiger partial charge on any atom is 0.337 e. The molecule has 1 aliphatic rings. The molecule has 1 unspecified atom stereocenters. The van der Waals surface area contributed by atoms with Gasteiger partial charge in [0, 0.05) is 41.6 Å². The molecule has 1 aromatic carbocycles. The van der Waals surface area contributed by atoms with Crippen LogP contribution in [0.5, 0.6) is 5.75 Å². The molecule has 0 bridgehead atoms. The van der Waals surface area contributed by atoms with Crippen LogP contribution in [0, 0.1) is 19.7 Å². The van der Waals surface area contributed by atoms with E-state index in [4.69, 9.17) is 14.2 Å². The number of carbonyl (C=O) groups is 2. The van der Waals surface area contributed by atoms with E-state index in [1.54, 1.807) is 27.7 Å². The van der Waals surface area contributed by atoms with E-state index < -0.39 is 29.4 Å². The molecule has 11 heteroatoms. The molecule has 3 heterocycles. The molecule has 0 aliphatic carbocycles. The van der Waals surface area contributed by atoms with Gasteiger partial charge in [0.2, 0.25) is 0 Å². The summed E-state index contributed by atoms with van der Waals surface area (Å²) in [6, 6.07) is 2.86. The van der Waals surface area contributed by atoms with Gasteiger partial charge in [-0.25, -0.2) is 18.7 Å². The second kappa shape index (κ2) is 11.9. The fourth-order valence-corrected chi connectivity index (χ4v) is 4.88. The van der Waals surface area contributed by atoms with Crippen molar-refractivity contribution in [3.63, 3.8) is 0 Å². The maximum absolute atomic E-state index is 15.4. The number of aliphatic carboxylic acids is 1. The predicted molar refractivity (Wildman–Crippen MR) is 146 cm³/mol. The van der Waals surface area contributed by atoms with Gasteiger partial charge in [-0.05, 0) is 65.5 Å². The highest BCUT2D eigenvalue weighted by Gasteiger charge is 2.34. The van der Waals surface area contributed by atoms with Crippen molar-refractivity contribution in [3.05, 3.63) is 46.0 Å². The number of carboxylic acids is 1. The quantitative estimate of drug-likeness (QED) is 0.348. The molecule has 2 aromatic heterocycles. The predicted octanol–water partition coefficient (Wildman–Crippen LogP) is 4.57. The number of benzene rings is 1. The van der Waals surface area contributed by atoms with Crippen LogP contribution in [-0.2, 0) is 20.7 Å². The summed E-state index contributed by atoms with van der Waals surface area (Å²) in [5.74, 6) is -2.00. The topological polar surface area (TPSA) is 124 Å². The maximum atomic E-state index is 15.4. The van der Waals surface area contributed by atoms with Crippen LogP contribution in [0.4, 0.5) is 4.39 Å². The molecule has 0 saturated carbocycles. The number of rotatable bonds is 10. The van der Waals surface area contributed by atoms with E-state index in [-0.39, 0.29) is 17.0 Å². The number of fused-ring (bicyclic) bond motifs is 2. The lowest BCUT2D eigenvalue weighted by Gasteiger charge is -2.28. The standard InChI is InChI=1S/C29H37FN4O6/c1-7-11-38-13-10-31-27(35)21-15-22-32-17(3)23(26(28(36)37)40-29(4,5)6)24(34(22)33-21)19-14-20(30)25-18(16(19)2)9-8-12-39-25/h14-15,26H,7-13H2,1-6H3,(H,31,35)(H,36,37). The van der Waals surface area contributed by atoms with Gasteiger partial charge < -0.3 is 24.6 Å². The minimum absolute atomic E-state index is 0.0869. The van der Waals surface area contributed by atoms with Crippen LogP contribution in [0.1, 0.15) is 79.5 Å². The van der Waals surface area contributed by atoms with Crippen molar-refractivity contribution in [3.8, 4) is 17.0 Å². The molecule has 3 aromatic rings. The zero-order valence-corrected chi connectivity index (χ0v) is 23.9. The first-order valence-corrected chi connectivity index (χ1v) is 13.5. The van der Waals surface area contributed by atoms with Crippen molar-refractivity contribution in [1.29, 1.82) is 0 Å². The molecule has 2 N–H and O–H groups in total. The lowest BCUT2D eigenvalue weighted by atomic mass is 9.91. The van der Waals surface area contributed by atoms with Crippen LogP contribution in [0.25, 0.3) is 16.9 Å². The van der Waals surface area contributed by atoms with Crippen LogP contribution < -0.4 is 10.1 Å². The minimum Gasteiger partial charge on any atom is -0.490 e. The van der Waals surface area contributed by atoms with Crippen molar-refractivity contribution in [2.24, 2.45) is 0 Å². The Bertz CT molecular complexity index is 1430. The largest absolute Gasteiger partial charge is 0.490 e. The molecule has 1 aliphatic heterocycles. The first-order chi connectivity index (χ1) is 18.9. The normalized spacial score (nSPS) is 14.1. The Morgan fingerprint density at radius 1 is 1.25 bits per heavy atom. The van der Waals surface area contributed by atoms with Crippen molar-refractivity contribution >= 4 is 17.5 Å². The third-order valence-electron chi connectivity index (χ3n) is 6.59. The molecule has 4 rings (SSSR count). The number of amides is 1. The molecule has 10 nitrogen and oxygen atoms in total. The van der Waals surface area contributed by atoms with Crippen molar-refractivity contribution in [2.45, 2.75) is 72.5 Å². The summed E-state index contributed by atoms with van der Waals surface area (Å²) in [6.07, 6.45) is 0.788. The van der Waals surface area contributed by atoms with E-state index in [0.29, 0.717) is 55.4 Å². The molecule has 0 radical (unpaired) electrons. The SMILES string of the molecule is CCCOCCNC(=O)c1cc2nc(C)c(C(OC(C)(C)C)C(=O)O)c(-c3cc(F)c4c(c3C)CCCO4)n2n1. The highest BCUT2D eigenvalue weighted by atomic mass is 19.1. The third kappa shape index (κ3) is 6.10. The molecule has 1 atom stereocenters. The van der Waals surface area contributed by atoms with Gasteiger partial charge in [0.05, 0.1) is 24.5 Å². The Morgan fingerprint density at radius 3 is 2.67 bits per heavy atom. The van der Waals surface area contributed by atoms with Crippen LogP contribution in [0.15, 0.2) is 12.1 Å². The van der Waals surface area contributed by atoms with Gasteiger partial charge in [0.25, 0.3) is 5.91 Å². The number of carbonyl (C=O) groups excluding carboxylic acids is 1. The number of carboxylic acid groups (broad SMARTS) is 1. The zero-order chi connectivity index (χ0) is 29.2. The Labute approximate surface area is 232 Å². The second-order valence-corrected chi connectivity index (χ2v) is 10.9. The summed E-state index contributed by atoms with van der Waals surface area (Å²) in [7, 11) is 0. The number of hydrogen-bond donors (Lipinski definition) is 2. The van der Waals surface area contributed by atoms with E-state index in [9.17, 15) is 14.7 Å². The van der Waals surface area contributed by atoms with E-state index in [0.717, 1.165) is 24.0 Å². The van der Waals surface area contributed by atoms with Gasteiger partial charge in [-0.15, -0.1) is 0 Å². The number of hydrogen-bond acceptors (Lipinski definition) is 7. The smallest absolute Gasteiger partial charge is 0.337 e. The Balaban J connectivity index is 1.93. The van der Waals surface area contributed by atoms with E-state index >= 15 is 4.39 Å². The summed E-state index contributed by atoms with van der Waals surface area (Å²) in [5.41, 5.74) is 2.37. The first-order valence-electron chi connectivity index (χ1n) is 13.5. The molecular weight excluding hydrogens is 519 g/mol. The molecular formula is C29H37FN4O6. The van der Waals surface area contributed by atoms with Crippen LogP contribution >= 0.6 is 0 Å². The summed E-state index contributed by atoms with van der Waals surface area (Å²) in [4.78, 5) is 30.1. The number of aromatic nitrogens is 3. The average molecular weight is 557 g/mol. The Hall–Kier alpha value is -3.57. The molecule has 0 spiro atoms. The highest BCUT2D eigenvalue weighted by molar-refractivity contribution is 5.93. The molecule has 216 valence electrons. The summed E-state index contributed by atoms with van der Waals surface area (Å²) < 4.78 is 33.9. The highest BCUT2D eigenvalue weighted by Crippen LogP contribution is 2.41. The number of nitrogens with one attached hydrogen (secondary N) is 1. The first kappa shape index (κ1) is 29.4. The third-order valence-corrected chi connectivity index (χ3v) is 6.59. The van der Waals surface area contributed by atoms with Gasteiger partial charge in [0.15, 0.2) is 29.0 Å².